The minimum Gasteiger partial charge on any atom is -0.456 e. The fraction of sp³-hybridized carbons (Fsp3) is 0.560. The summed E-state index contributed by atoms with van der Waals surface area (Å²) in [6.45, 7) is 19.0. The van der Waals surface area contributed by atoms with Crippen LogP contribution in [0.5, 0.6) is 0 Å². The molecule has 6 heteroatoms. The van der Waals surface area contributed by atoms with Gasteiger partial charge in [-0.05, 0) is 43.6 Å². The molecule has 0 N–H and O–H groups in total. The standard InChI is InChI=1S/C25H38O5Si/c1-9-13-20(28-22(26)17-16-19-14-11-10-12-15-19)23-21(29-25(5,6)30-23)18-27-31(7,8)24(2,3)4/h9-12,14-17,20-21,23H,1,13,18H2,2-8H3/b17-16+/t20-,21+,23+/m1/s1. The summed E-state index contributed by atoms with van der Waals surface area (Å²) in [5.41, 5.74) is 0.932. The zero-order valence-electron chi connectivity index (χ0n) is 20.0. The molecule has 0 radical (unpaired) electrons. The molecule has 0 amide bonds. The number of ether oxygens (including phenoxy) is 3. The van der Waals surface area contributed by atoms with Crippen LogP contribution in [0.25, 0.3) is 6.08 Å². The molecule has 0 bridgehead atoms. The van der Waals surface area contributed by atoms with Crippen molar-refractivity contribution in [2.75, 3.05) is 6.61 Å². The first-order valence-electron chi connectivity index (χ1n) is 10.9. The highest BCUT2D eigenvalue weighted by atomic mass is 28.4. The van der Waals surface area contributed by atoms with Gasteiger partial charge in [-0.25, -0.2) is 4.79 Å². The summed E-state index contributed by atoms with van der Waals surface area (Å²) in [5, 5.41) is 0.0900. The largest absolute Gasteiger partial charge is 0.456 e. The summed E-state index contributed by atoms with van der Waals surface area (Å²) in [6.07, 6.45) is 4.09. The van der Waals surface area contributed by atoms with E-state index in [0.717, 1.165) is 5.56 Å². The maximum Gasteiger partial charge on any atom is 0.331 e. The van der Waals surface area contributed by atoms with Crippen molar-refractivity contribution in [2.45, 2.75) is 83.3 Å². The number of esters is 1. The quantitative estimate of drug-likeness (QED) is 0.210. The Labute approximate surface area is 188 Å². The molecule has 0 spiro atoms. The van der Waals surface area contributed by atoms with Crippen LogP contribution < -0.4 is 0 Å². The molecule has 1 aliphatic rings. The second kappa shape index (κ2) is 10.3. The van der Waals surface area contributed by atoms with Gasteiger partial charge in [0.25, 0.3) is 0 Å². The minimum atomic E-state index is -1.96. The molecule has 0 unspecified atom stereocenters. The first-order chi connectivity index (χ1) is 14.3. The van der Waals surface area contributed by atoms with E-state index in [1.807, 2.05) is 44.2 Å². The molecule has 31 heavy (non-hydrogen) atoms. The van der Waals surface area contributed by atoms with Crippen molar-refractivity contribution in [2.24, 2.45) is 0 Å². The Morgan fingerprint density at radius 2 is 1.87 bits per heavy atom. The van der Waals surface area contributed by atoms with Crippen LogP contribution in [0, 0.1) is 0 Å². The summed E-state index contributed by atoms with van der Waals surface area (Å²) < 4.78 is 24.5. The molecule has 172 valence electrons. The fourth-order valence-electron chi connectivity index (χ4n) is 3.14. The second-order valence-corrected chi connectivity index (χ2v) is 14.8. The van der Waals surface area contributed by atoms with Crippen molar-refractivity contribution in [3.63, 3.8) is 0 Å². The van der Waals surface area contributed by atoms with Crippen molar-refractivity contribution in [3.05, 3.63) is 54.6 Å². The van der Waals surface area contributed by atoms with Gasteiger partial charge in [-0.1, -0.05) is 57.2 Å². The average Bonchev–Trinajstić information content (AvgIpc) is 2.99. The van der Waals surface area contributed by atoms with Crippen LogP contribution in [0.3, 0.4) is 0 Å². The Morgan fingerprint density at radius 3 is 2.45 bits per heavy atom. The highest BCUT2D eigenvalue weighted by Gasteiger charge is 2.47. The van der Waals surface area contributed by atoms with Gasteiger partial charge in [0.2, 0.25) is 0 Å². The summed E-state index contributed by atoms with van der Waals surface area (Å²) >= 11 is 0. The molecule has 1 heterocycles. The number of benzene rings is 1. The number of carbonyl (C=O) groups excluding carboxylic acids is 1. The highest BCUT2D eigenvalue weighted by molar-refractivity contribution is 6.74. The van der Waals surface area contributed by atoms with E-state index >= 15 is 0 Å². The van der Waals surface area contributed by atoms with E-state index in [0.29, 0.717) is 13.0 Å². The maximum absolute atomic E-state index is 12.5. The number of hydrogen-bond donors (Lipinski definition) is 0. The third kappa shape index (κ3) is 7.42. The Hall–Kier alpha value is -1.73. The first kappa shape index (κ1) is 25.5. The predicted molar refractivity (Wildman–Crippen MR) is 127 cm³/mol. The van der Waals surface area contributed by atoms with Gasteiger partial charge in [0.05, 0.1) is 6.61 Å². The van der Waals surface area contributed by atoms with Crippen LogP contribution in [-0.4, -0.2) is 45.0 Å². The van der Waals surface area contributed by atoms with Gasteiger partial charge in [0.15, 0.2) is 14.1 Å². The summed E-state index contributed by atoms with van der Waals surface area (Å²) in [6, 6.07) is 9.63. The summed E-state index contributed by atoms with van der Waals surface area (Å²) in [4.78, 5) is 12.5. The number of hydrogen-bond acceptors (Lipinski definition) is 5. The molecule has 0 saturated carbocycles. The molecular weight excluding hydrogens is 408 g/mol. The third-order valence-corrected chi connectivity index (χ3v) is 10.4. The van der Waals surface area contributed by atoms with E-state index in [1.54, 1.807) is 12.2 Å². The Kier molecular flexibility index (Phi) is 8.45. The average molecular weight is 447 g/mol. The van der Waals surface area contributed by atoms with E-state index in [4.69, 9.17) is 18.6 Å². The van der Waals surface area contributed by atoms with Crippen LogP contribution >= 0.6 is 0 Å². The SMILES string of the molecule is C=CC[C@@H](OC(=O)/C=C/c1ccccc1)[C@@H]1OC(C)(C)O[C@H]1CO[Si](C)(C)C(C)(C)C. The predicted octanol–water partition coefficient (Wildman–Crippen LogP) is 5.73. The van der Waals surface area contributed by atoms with E-state index in [1.165, 1.54) is 6.08 Å². The van der Waals surface area contributed by atoms with Crippen molar-refractivity contribution in [1.29, 1.82) is 0 Å². The highest BCUT2D eigenvalue weighted by Crippen LogP contribution is 2.38. The molecule has 1 aromatic carbocycles. The molecule has 5 nitrogen and oxygen atoms in total. The lowest BCUT2D eigenvalue weighted by Crippen LogP contribution is -2.46. The Bertz CT molecular complexity index is 764. The van der Waals surface area contributed by atoms with E-state index < -0.39 is 32.3 Å². The second-order valence-electron chi connectivity index (χ2n) is 9.95. The van der Waals surface area contributed by atoms with Gasteiger partial charge in [-0.3, -0.25) is 0 Å². The van der Waals surface area contributed by atoms with Gasteiger partial charge in [0.1, 0.15) is 18.3 Å². The molecule has 1 saturated heterocycles. The van der Waals surface area contributed by atoms with Gasteiger partial charge in [-0.15, -0.1) is 6.58 Å². The van der Waals surface area contributed by atoms with Gasteiger partial charge in [0, 0.05) is 12.5 Å². The molecular formula is C25H38O5Si. The molecule has 3 atom stereocenters. The van der Waals surface area contributed by atoms with Crippen LogP contribution in [-0.2, 0) is 23.4 Å². The van der Waals surface area contributed by atoms with Crippen LogP contribution in [0.15, 0.2) is 49.1 Å². The monoisotopic (exact) mass is 446 g/mol. The topological polar surface area (TPSA) is 54.0 Å². The lowest BCUT2D eigenvalue weighted by Gasteiger charge is -2.37. The zero-order valence-corrected chi connectivity index (χ0v) is 21.0. The number of rotatable bonds is 9. The smallest absolute Gasteiger partial charge is 0.331 e. The lowest BCUT2D eigenvalue weighted by molar-refractivity contribution is -0.167. The van der Waals surface area contributed by atoms with Crippen LogP contribution in [0.2, 0.25) is 18.1 Å². The van der Waals surface area contributed by atoms with Crippen molar-refractivity contribution < 1.29 is 23.4 Å². The normalized spacial score (nSPS) is 22.4. The maximum atomic E-state index is 12.5. The zero-order chi connectivity index (χ0) is 23.3. The molecule has 0 aromatic heterocycles. The third-order valence-electron chi connectivity index (χ3n) is 5.88. The summed E-state index contributed by atoms with van der Waals surface area (Å²) in [5.74, 6) is -1.20. The van der Waals surface area contributed by atoms with E-state index in [2.05, 4.69) is 40.4 Å². The molecule has 1 aliphatic heterocycles. The fourth-order valence-corrected chi connectivity index (χ4v) is 4.16. The Morgan fingerprint density at radius 1 is 1.23 bits per heavy atom. The van der Waals surface area contributed by atoms with E-state index in [9.17, 15) is 4.79 Å². The molecule has 0 aliphatic carbocycles. The van der Waals surface area contributed by atoms with Crippen LogP contribution in [0.4, 0.5) is 0 Å². The molecule has 1 aromatic rings. The lowest BCUT2D eigenvalue weighted by atomic mass is 10.1. The van der Waals surface area contributed by atoms with Gasteiger partial charge >= 0.3 is 5.97 Å². The van der Waals surface area contributed by atoms with Crippen molar-refractivity contribution in [3.8, 4) is 0 Å². The number of carbonyl (C=O) groups is 1. The molecule has 2 rings (SSSR count). The summed E-state index contributed by atoms with van der Waals surface area (Å²) in [7, 11) is -1.96. The molecule has 1 fully saturated rings. The van der Waals surface area contributed by atoms with Gasteiger partial charge in [-0.2, -0.15) is 0 Å². The minimum absolute atomic E-state index is 0.0900. The first-order valence-corrected chi connectivity index (χ1v) is 13.8. The van der Waals surface area contributed by atoms with Crippen molar-refractivity contribution in [1.82, 2.24) is 0 Å². The van der Waals surface area contributed by atoms with Crippen molar-refractivity contribution >= 4 is 20.4 Å². The van der Waals surface area contributed by atoms with Crippen LogP contribution in [0.1, 0.15) is 46.6 Å². The van der Waals surface area contributed by atoms with Gasteiger partial charge < -0.3 is 18.6 Å². The Balaban J connectivity index is 2.11. The van der Waals surface area contributed by atoms with E-state index in [-0.39, 0.29) is 11.1 Å².